The average molecular weight is 257 g/mol. The Morgan fingerprint density at radius 2 is 2.18 bits per heavy atom. The summed E-state index contributed by atoms with van der Waals surface area (Å²) in [5.41, 5.74) is 0.322. The van der Waals surface area contributed by atoms with E-state index in [9.17, 15) is 9.18 Å². The minimum atomic E-state index is -0.394. The molecule has 0 aliphatic heterocycles. The summed E-state index contributed by atoms with van der Waals surface area (Å²) < 4.78 is 13.5. The second kappa shape index (κ2) is 6.75. The maximum Gasteiger partial charge on any atom is 0.137 e. The van der Waals surface area contributed by atoms with Gasteiger partial charge in [-0.05, 0) is 18.1 Å². The van der Waals surface area contributed by atoms with E-state index in [4.69, 9.17) is 11.6 Å². The number of Topliss-reactive ketones (excluding diaryl/α,β-unsaturated/α-hetero) is 1. The first-order valence-electron chi connectivity index (χ1n) is 5.99. The molecule has 0 radical (unpaired) electrons. The normalized spacial score (nSPS) is 12.5. The van der Waals surface area contributed by atoms with E-state index in [0.29, 0.717) is 22.9 Å². The van der Waals surface area contributed by atoms with Crippen molar-refractivity contribution in [2.75, 3.05) is 0 Å². The van der Waals surface area contributed by atoms with Gasteiger partial charge in [0.25, 0.3) is 0 Å². The Morgan fingerprint density at radius 3 is 2.76 bits per heavy atom. The van der Waals surface area contributed by atoms with Crippen LogP contribution in [0.3, 0.4) is 0 Å². The number of hydrogen-bond donors (Lipinski definition) is 0. The molecular formula is C14H18ClFO. The van der Waals surface area contributed by atoms with E-state index in [0.717, 1.165) is 12.8 Å². The first-order chi connectivity index (χ1) is 8.04. The Balaban J connectivity index is 2.62. The summed E-state index contributed by atoms with van der Waals surface area (Å²) in [6, 6.07) is 4.50. The molecule has 17 heavy (non-hydrogen) atoms. The summed E-state index contributed by atoms with van der Waals surface area (Å²) in [4.78, 5) is 11.8. The highest BCUT2D eigenvalue weighted by Gasteiger charge is 2.14. The third-order valence-electron chi connectivity index (χ3n) is 2.79. The molecule has 1 rings (SSSR count). The minimum absolute atomic E-state index is 0.0537. The fourth-order valence-electron chi connectivity index (χ4n) is 1.95. The topological polar surface area (TPSA) is 17.1 Å². The van der Waals surface area contributed by atoms with Gasteiger partial charge in [0.05, 0.1) is 0 Å². The lowest BCUT2D eigenvalue weighted by Crippen LogP contribution is -2.09. The van der Waals surface area contributed by atoms with Crippen molar-refractivity contribution in [2.24, 2.45) is 5.92 Å². The van der Waals surface area contributed by atoms with Crippen molar-refractivity contribution < 1.29 is 9.18 Å². The Hall–Kier alpha value is -0.890. The SMILES string of the molecule is CCCC(C)CC(=O)Cc1c(F)cccc1Cl. The van der Waals surface area contributed by atoms with Gasteiger partial charge in [0, 0.05) is 23.4 Å². The zero-order valence-electron chi connectivity index (χ0n) is 10.3. The number of halogens is 2. The van der Waals surface area contributed by atoms with Crippen molar-refractivity contribution in [1.29, 1.82) is 0 Å². The van der Waals surface area contributed by atoms with Crippen LogP contribution in [0.25, 0.3) is 0 Å². The molecule has 1 atom stereocenters. The van der Waals surface area contributed by atoms with Gasteiger partial charge in [-0.15, -0.1) is 0 Å². The summed E-state index contributed by atoms with van der Waals surface area (Å²) in [5.74, 6) is 0.0185. The second-order valence-electron chi connectivity index (χ2n) is 4.51. The largest absolute Gasteiger partial charge is 0.299 e. The predicted molar refractivity (Wildman–Crippen MR) is 68.8 cm³/mol. The van der Waals surface area contributed by atoms with Crippen molar-refractivity contribution >= 4 is 17.4 Å². The molecule has 0 amide bonds. The molecule has 0 saturated heterocycles. The number of ketones is 1. The highest BCUT2D eigenvalue weighted by Crippen LogP contribution is 2.21. The van der Waals surface area contributed by atoms with Crippen molar-refractivity contribution in [3.63, 3.8) is 0 Å². The standard InChI is InChI=1S/C14H18ClFO/c1-3-5-10(2)8-11(17)9-12-13(15)6-4-7-14(12)16/h4,6-7,10H,3,5,8-9H2,1-2H3. The first-order valence-corrected chi connectivity index (χ1v) is 6.37. The van der Waals surface area contributed by atoms with Crippen LogP contribution < -0.4 is 0 Å². The van der Waals surface area contributed by atoms with E-state index in [1.807, 2.05) is 6.92 Å². The lowest BCUT2D eigenvalue weighted by molar-refractivity contribution is -0.119. The molecule has 0 aliphatic carbocycles. The number of rotatable bonds is 6. The van der Waals surface area contributed by atoms with E-state index in [-0.39, 0.29) is 12.2 Å². The van der Waals surface area contributed by atoms with Crippen LogP contribution in [-0.2, 0) is 11.2 Å². The molecule has 1 aromatic carbocycles. The Bertz CT molecular complexity index is 370. The number of hydrogen-bond acceptors (Lipinski definition) is 1. The van der Waals surface area contributed by atoms with Crippen LogP contribution in [0, 0.1) is 11.7 Å². The van der Waals surface area contributed by atoms with Crippen molar-refractivity contribution in [2.45, 2.75) is 39.5 Å². The van der Waals surface area contributed by atoms with Gasteiger partial charge in [-0.2, -0.15) is 0 Å². The maximum absolute atomic E-state index is 13.5. The first kappa shape index (κ1) is 14.2. The zero-order valence-corrected chi connectivity index (χ0v) is 11.1. The number of benzene rings is 1. The molecule has 0 bridgehead atoms. The third kappa shape index (κ3) is 4.47. The maximum atomic E-state index is 13.5. The summed E-state index contributed by atoms with van der Waals surface area (Å²) in [5, 5.41) is 0.335. The summed E-state index contributed by atoms with van der Waals surface area (Å²) in [6.07, 6.45) is 2.68. The van der Waals surface area contributed by atoms with Gasteiger partial charge in [0.2, 0.25) is 0 Å². The van der Waals surface area contributed by atoms with Crippen molar-refractivity contribution in [1.82, 2.24) is 0 Å². The van der Waals surface area contributed by atoms with Crippen LogP contribution >= 0.6 is 11.6 Å². The quantitative estimate of drug-likeness (QED) is 0.737. The van der Waals surface area contributed by atoms with E-state index in [1.165, 1.54) is 6.07 Å². The van der Waals surface area contributed by atoms with Crippen LogP contribution in [0.5, 0.6) is 0 Å². The van der Waals surface area contributed by atoms with E-state index >= 15 is 0 Å². The molecule has 0 spiro atoms. The molecule has 3 heteroatoms. The van der Waals surface area contributed by atoms with E-state index < -0.39 is 5.82 Å². The predicted octanol–water partition coefficient (Wildman–Crippen LogP) is 4.42. The molecule has 0 saturated carbocycles. The minimum Gasteiger partial charge on any atom is -0.299 e. The average Bonchev–Trinajstić information content (AvgIpc) is 2.24. The van der Waals surface area contributed by atoms with Crippen LogP contribution in [0.1, 0.15) is 38.7 Å². The molecule has 0 aliphatic rings. The molecule has 1 unspecified atom stereocenters. The van der Waals surface area contributed by atoms with Gasteiger partial charge >= 0.3 is 0 Å². The van der Waals surface area contributed by atoms with Gasteiger partial charge in [0.15, 0.2) is 0 Å². The van der Waals surface area contributed by atoms with E-state index in [2.05, 4.69) is 6.92 Å². The van der Waals surface area contributed by atoms with Crippen LogP contribution in [-0.4, -0.2) is 5.78 Å². The fourth-order valence-corrected chi connectivity index (χ4v) is 2.18. The molecule has 0 fully saturated rings. The lowest BCUT2D eigenvalue weighted by Gasteiger charge is -2.10. The molecular weight excluding hydrogens is 239 g/mol. The van der Waals surface area contributed by atoms with Gasteiger partial charge in [0.1, 0.15) is 11.6 Å². The molecule has 0 aromatic heterocycles. The Morgan fingerprint density at radius 1 is 1.47 bits per heavy atom. The van der Waals surface area contributed by atoms with Gasteiger partial charge in [-0.3, -0.25) is 4.79 Å². The molecule has 1 nitrogen and oxygen atoms in total. The second-order valence-corrected chi connectivity index (χ2v) is 4.92. The number of carbonyl (C=O) groups excluding carboxylic acids is 1. The molecule has 0 N–H and O–H groups in total. The zero-order chi connectivity index (χ0) is 12.8. The molecule has 94 valence electrons. The Kier molecular flexibility index (Phi) is 5.63. The summed E-state index contributed by atoms with van der Waals surface area (Å²) >= 11 is 5.88. The Labute approximate surface area is 107 Å². The fraction of sp³-hybridized carbons (Fsp3) is 0.500. The molecule has 1 aromatic rings. The molecule has 0 heterocycles. The monoisotopic (exact) mass is 256 g/mol. The van der Waals surface area contributed by atoms with Crippen LogP contribution in [0.4, 0.5) is 4.39 Å². The van der Waals surface area contributed by atoms with E-state index in [1.54, 1.807) is 12.1 Å². The van der Waals surface area contributed by atoms with Crippen LogP contribution in [0.2, 0.25) is 5.02 Å². The van der Waals surface area contributed by atoms with Gasteiger partial charge < -0.3 is 0 Å². The lowest BCUT2D eigenvalue weighted by atomic mass is 9.96. The van der Waals surface area contributed by atoms with Crippen molar-refractivity contribution in [3.8, 4) is 0 Å². The van der Waals surface area contributed by atoms with Crippen molar-refractivity contribution in [3.05, 3.63) is 34.6 Å². The highest BCUT2D eigenvalue weighted by molar-refractivity contribution is 6.31. The van der Waals surface area contributed by atoms with Crippen LogP contribution in [0.15, 0.2) is 18.2 Å². The number of carbonyl (C=O) groups is 1. The van der Waals surface area contributed by atoms with Gasteiger partial charge in [-0.25, -0.2) is 4.39 Å². The summed E-state index contributed by atoms with van der Waals surface area (Å²) in [7, 11) is 0. The van der Waals surface area contributed by atoms with Gasteiger partial charge in [-0.1, -0.05) is 44.4 Å². The third-order valence-corrected chi connectivity index (χ3v) is 3.15. The smallest absolute Gasteiger partial charge is 0.137 e. The summed E-state index contributed by atoms with van der Waals surface area (Å²) in [6.45, 7) is 4.14. The highest BCUT2D eigenvalue weighted by atomic mass is 35.5.